The van der Waals surface area contributed by atoms with Crippen molar-refractivity contribution in [3.05, 3.63) is 46.5 Å². The minimum absolute atomic E-state index is 0.173. The van der Waals surface area contributed by atoms with Crippen molar-refractivity contribution in [3.8, 4) is 5.75 Å². The number of phenolic OH excluding ortho intramolecular Hbond substituents is 1. The van der Waals surface area contributed by atoms with Crippen LogP contribution >= 0.6 is 0 Å². The Hall–Kier alpha value is -2.26. The molecule has 1 aromatic carbocycles. The Morgan fingerprint density at radius 1 is 0.909 bits per heavy atom. The first-order chi connectivity index (χ1) is 10.0. The van der Waals surface area contributed by atoms with Crippen LogP contribution in [0.15, 0.2) is 23.5 Å². The summed E-state index contributed by atoms with van der Waals surface area (Å²) in [5, 5.41) is 17.5. The van der Waals surface area contributed by atoms with Gasteiger partial charge in [0.25, 0.3) is 0 Å². The number of phenols is 1. The molecule has 1 aliphatic rings. The topological polar surface area (TPSA) is 40.5 Å². The summed E-state index contributed by atoms with van der Waals surface area (Å²) in [5.74, 6) is -20.9. The van der Waals surface area contributed by atoms with Gasteiger partial charge in [0.2, 0.25) is 12.0 Å². The Labute approximate surface area is 116 Å². The summed E-state index contributed by atoms with van der Waals surface area (Å²) in [6.07, 6.45) is -3.84. The third-order valence-electron chi connectivity index (χ3n) is 2.92. The van der Waals surface area contributed by atoms with Crippen molar-refractivity contribution in [2.24, 2.45) is 0 Å². The molecule has 0 aromatic heterocycles. The van der Waals surface area contributed by atoms with Crippen LogP contribution in [0, 0.1) is 17.5 Å². The molecule has 1 unspecified atom stereocenters. The molecule has 0 fully saturated rings. The van der Waals surface area contributed by atoms with Crippen molar-refractivity contribution in [2.45, 2.75) is 12.1 Å². The van der Waals surface area contributed by atoms with Crippen LogP contribution in [0.3, 0.4) is 0 Å². The van der Waals surface area contributed by atoms with Gasteiger partial charge in [0.15, 0.2) is 29.0 Å². The van der Waals surface area contributed by atoms with Crippen LogP contribution in [0.25, 0.3) is 5.57 Å². The Morgan fingerprint density at radius 2 is 1.45 bits per heavy atom. The second-order valence-electron chi connectivity index (χ2n) is 4.25. The SMILES string of the molecule is OC1=C(F)C(F)=C(c2c(F)cc(O)c(F)c2F)C(F)(F)C1F. The van der Waals surface area contributed by atoms with Crippen LogP contribution in [-0.4, -0.2) is 22.3 Å². The first kappa shape index (κ1) is 16.1. The molecule has 22 heavy (non-hydrogen) atoms. The molecule has 0 spiro atoms. The summed E-state index contributed by atoms with van der Waals surface area (Å²) < 4.78 is 108. The number of allylic oxidation sites excluding steroid dienone is 4. The minimum Gasteiger partial charge on any atom is -0.506 e. The van der Waals surface area contributed by atoms with Crippen molar-refractivity contribution in [1.29, 1.82) is 0 Å². The molecule has 0 saturated heterocycles. The molecule has 2 rings (SSSR count). The van der Waals surface area contributed by atoms with E-state index in [2.05, 4.69) is 0 Å². The Morgan fingerprint density at radius 3 is 2.00 bits per heavy atom. The maximum Gasteiger partial charge on any atom is 0.314 e. The van der Waals surface area contributed by atoms with Crippen molar-refractivity contribution in [2.75, 3.05) is 0 Å². The van der Waals surface area contributed by atoms with Crippen molar-refractivity contribution in [3.63, 3.8) is 0 Å². The number of aliphatic hydroxyl groups is 1. The third-order valence-corrected chi connectivity index (χ3v) is 2.92. The zero-order chi connectivity index (χ0) is 17.0. The molecule has 10 heteroatoms. The number of aromatic hydroxyl groups is 1. The molecular weight excluding hydrogens is 328 g/mol. The van der Waals surface area contributed by atoms with Gasteiger partial charge in [-0.3, -0.25) is 0 Å². The van der Waals surface area contributed by atoms with E-state index < -0.39 is 63.8 Å². The predicted molar refractivity (Wildman–Crippen MR) is 56.6 cm³/mol. The van der Waals surface area contributed by atoms with Gasteiger partial charge in [0.1, 0.15) is 5.82 Å². The Kier molecular flexibility index (Phi) is 3.58. The third kappa shape index (κ3) is 2.01. The highest BCUT2D eigenvalue weighted by molar-refractivity contribution is 5.79. The molecular formula is C12H4F8O2. The molecule has 1 aromatic rings. The van der Waals surface area contributed by atoms with E-state index in [-0.39, 0.29) is 6.07 Å². The van der Waals surface area contributed by atoms with E-state index in [1.165, 1.54) is 0 Å². The molecule has 0 aliphatic heterocycles. The van der Waals surface area contributed by atoms with E-state index >= 15 is 0 Å². The van der Waals surface area contributed by atoms with E-state index in [1.807, 2.05) is 0 Å². The van der Waals surface area contributed by atoms with Crippen LogP contribution in [0.2, 0.25) is 0 Å². The van der Waals surface area contributed by atoms with Crippen LogP contribution in [-0.2, 0) is 0 Å². The summed E-state index contributed by atoms with van der Waals surface area (Å²) in [4.78, 5) is 0. The maximum atomic E-state index is 13.7. The lowest BCUT2D eigenvalue weighted by Crippen LogP contribution is -2.37. The maximum absolute atomic E-state index is 13.7. The molecule has 1 aliphatic carbocycles. The average Bonchev–Trinajstić information content (AvgIpc) is 2.44. The molecule has 120 valence electrons. The van der Waals surface area contributed by atoms with Crippen LogP contribution in [0.1, 0.15) is 5.56 Å². The summed E-state index contributed by atoms with van der Waals surface area (Å²) >= 11 is 0. The lowest BCUT2D eigenvalue weighted by atomic mass is 9.89. The predicted octanol–water partition coefficient (Wildman–Crippen LogP) is 4.22. The highest BCUT2D eigenvalue weighted by Crippen LogP contribution is 2.49. The molecule has 2 N–H and O–H groups in total. The van der Waals surface area contributed by atoms with Gasteiger partial charge in [0.05, 0.1) is 11.1 Å². The van der Waals surface area contributed by atoms with Gasteiger partial charge in [-0.2, -0.15) is 17.6 Å². The summed E-state index contributed by atoms with van der Waals surface area (Å²) in [6, 6.07) is -0.173. The first-order valence-electron chi connectivity index (χ1n) is 5.39. The van der Waals surface area contributed by atoms with Gasteiger partial charge in [-0.1, -0.05) is 0 Å². The lowest BCUT2D eigenvalue weighted by Gasteiger charge is -2.28. The van der Waals surface area contributed by atoms with Crippen molar-refractivity contribution >= 4 is 5.57 Å². The second kappa shape index (κ2) is 4.89. The second-order valence-corrected chi connectivity index (χ2v) is 4.25. The van der Waals surface area contributed by atoms with Crippen LogP contribution in [0.5, 0.6) is 5.75 Å². The molecule has 1 atom stereocenters. The highest BCUT2D eigenvalue weighted by Gasteiger charge is 2.55. The van der Waals surface area contributed by atoms with E-state index in [0.29, 0.717) is 0 Å². The van der Waals surface area contributed by atoms with Gasteiger partial charge in [-0.05, 0) is 0 Å². The molecule has 0 radical (unpaired) electrons. The van der Waals surface area contributed by atoms with Gasteiger partial charge in [0, 0.05) is 6.07 Å². The fourth-order valence-corrected chi connectivity index (χ4v) is 1.87. The van der Waals surface area contributed by atoms with E-state index in [0.717, 1.165) is 0 Å². The van der Waals surface area contributed by atoms with Gasteiger partial charge in [-0.15, -0.1) is 0 Å². The van der Waals surface area contributed by atoms with E-state index in [9.17, 15) is 35.1 Å². The van der Waals surface area contributed by atoms with Crippen molar-refractivity contribution in [1.82, 2.24) is 0 Å². The Balaban J connectivity index is 2.89. The highest BCUT2D eigenvalue weighted by atomic mass is 19.3. The smallest absolute Gasteiger partial charge is 0.314 e. The standard InChI is InChI=1S/C12H4F8O2/c13-2-1-3(21)6(14)7(15)4(2)5-8(16)9(17)10(22)11(18)12(5,19)20/h1,11,21-22H. The summed E-state index contributed by atoms with van der Waals surface area (Å²) in [5.41, 5.74) is -4.55. The first-order valence-corrected chi connectivity index (χ1v) is 5.39. The zero-order valence-electron chi connectivity index (χ0n) is 10.1. The average molecular weight is 332 g/mol. The molecule has 2 nitrogen and oxygen atoms in total. The van der Waals surface area contributed by atoms with E-state index in [4.69, 9.17) is 10.2 Å². The number of alkyl halides is 3. The number of hydrogen-bond donors (Lipinski definition) is 2. The van der Waals surface area contributed by atoms with Gasteiger partial charge in [-0.25, -0.2) is 17.6 Å². The fourth-order valence-electron chi connectivity index (χ4n) is 1.87. The lowest BCUT2D eigenvalue weighted by molar-refractivity contribution is -0.0240. The molecule has 0 heterocycles. The fraction of sp³-hybridized carbons (Fsp3) is 0.167. The molecule has 0 bridgehead atoms. The molecule has 0 amide bonds. The van der Waals surface area contributed by atoms with E-state index in [1.54, 1.807) is 0 Å². The van der Waals surface area contributed by atoms with Crippen LogP contribution < -0.4 is 0 Å². The normalized spacial score (nSPS) is 21.5. The number of halogens is 8. The number of rotatable bonds is 1. The van der Waals surface area contributed by atoms with Gasteiger partial charge >= 0.3 is 5.92 Å². The van der Waals surface area contributed by atoms with Crippen LogP contribution in [0.4, 0.5) is 35.1 Å². The van der Waals surface area contributed by atoms with Gasteiger partial charge < -0.3 is 10.2 Å². The monoisotopic (exact) mass is 332 g/mol. The number of hydrogen-bond acceptors (Lipinski definition) is 2. The largest absolute Gasteiger partial charge is 0.506 e. The number of aliphatic hydroxyl groups excluding tert-OH is 1. The molecule has 0 saturated carbocycles. The minimum atomic E-state index is -5.09. The quantitative estimate of drug-likeness (QED) is 0.597. The van der Waals surface area contributed by atoms with Crippen molar-refractivity contribution < 1.29 is 45.3 Å². The number of benzene rings is 1. The summed E-state index contributed by atoms with van der Waals surface area (Å²) in [6.45, 7) is 0. The summed E-state index contributed by atoms with van der Waals surface area (Å²) in [7, 11) is 0. The zero-order valence-corrected chi connectivity index (χ0v) is 10.1. The Bertz CT molecular complexity index is 722.